The van der Waals surface area contributed by atoms with Crippen LogP contribution in [0.5, 0.6) is 0 Å². The third kappa shape index (κ3) is 3.27. The Morgan fingerprint density at radius 3 is 2.40 bits per heavy atom. The van der Waals surface area contributed by atoms with Crippen LogP contribution in [0.3, 0.4) is 0 Å². The zero-order valence-electron chi connectivity index (χ0n) is 21.1. The minimum Gasteiger partial charge on any atom is -0.393 e. The van der Waals surface area contributed by atoms with E-state index in [0.29, 0.717) is 28.1 Å². The molecule has 0 amide bonds. The Labute approximate surface area is 187 Å². The molecule has 0 heterocycles. The number of aliphatic hydroxyl groups is 1. The molecular weight excluding hydrogens is 364 g/mol. The van der Waals surface area contributed by atoms with Crippen molar-refractivity contribution in [2.45, 2.75) is 119 Å². The summed E-state index contributed by atoms with van der Waals surface area (Å²) in [5, 5.41) is 10.6. The largest absolute Gasteiger partial charge is 0.393 e. The van der Waals surface area contributed by atoms with Crippen molar-refractivity contribution in [3.05, 3.63) is 11.6 Å². The molecule has 9 atom stereocenters. The summed E-state index contributed by atoms with van der Waals surface area (Å²) in [5.74, 6) is 4.53. The molecule has 1 nitrogen and oxygen atoms in total. The molecule has 0 radical (unpaired) electrons. The van der Waals surface area contributed by atoms with Crippen molar-refractivity contribution in [1.82, 2.24) is 0 Å². The average Bonchev–Trinajstić information content (AvgIpc) is 2.96. The van der Waals surface area contributed by atoms with Crippen LogP contribution in [0.25, 0.3) is 0 Å². The van der Waals surface area contributed by atoms with Gasteiger partial charge in [-0.25, -0.2) is 0 Å². The summed E-state index contributed by atoms with van der Waals surface area (Å²) in [6.45, 7) is 17.6. The molecule has 30 heavy (non-hydrogen) atoms. The predicted octanol–water partition coefficient (Wildman–Crippen LogP) is 8.02. The topological polar surface area (TPSA) is 20.2 Å². The molecule has 4 aliphatic carbocycles. The molecule has 0 aromatic carbocycles. The zero-order chi connectivity index (χ0) is 21.9. The zero-order valence-corrected chi connectivity index (χ0v) is 21.1. The fourth-order valence-electron chi connectivity index (χ4n) is 9.34. The first-order valence-corrected chi connectivity index (χ1v) is 13.4. The van der Waals surface area contributed by atoms with Crippen molar-refractivity contribution in [2.24, 2.45) is 51.8 Å². The van der Waals surface area contributed by atoms with E-state index in [2.05, 4.69) is 54.5 Å². The second-order valence-corrected chi connectivity index (χ2v) is 13.3. The first kappa shape index (κ1) is 22.9. The fraction of sp³-hybridized carbons (Fsp3) is 0.931. The van der Waals surface area contributed by atoms with Crippen LogP contribution in [-0.4, -0.2) is 11.2 Å². The van der Waals surface area contributed by atoms with E-state index in [1.54, 1.807) is 0 Å². The smallest absolute Gasteiger partial charge is 0.0569 e. The molecule has 3 fully saturated rings. The van der Waals surface area contributed by atoms with Gasteiger partial charge in [0.25, 0.3) is 0 Å². The van der Waals surface area contributed by atoms with Crippen molar-refractivity contribution in [3.8, 4) is 0 Å². The highest BCUT2D eigenvalue weighted by atomic mass is 16.3. The van der Waals surface area contributed by atoms with Crippen LogP contribution >= 0.6 is 0 Å². The normalized spacial score (nSPS) is 49.2. The van der Waals surface area contributed by atoms with Gasteiger partial charge in [-0.2, -0.15) is 0 Å². The van der Waals surface area contributed by atoms with Gasteiger partial charge in [-0.1, -0.05) is 79.4 Å². The van der Waals surface area contributed by atoms with Gasteiger partial charge in [0.05, 0.1) is 6.10 Å². The van der Waals surface area contributed by atoms with Crippen molar-refractivity contribution >= 4 is 0 Å². The second kappa shape index (κ2) is 7.93. The maximum atomic E-state index is 10.6. The van der Waals surface area contributed by atoms with E-state index in [1.807, 2.05) is 5.57 Å². The van der Waals surface area contributed by atoms with Gasteiger partial charge in [-0.3, -0.25) is 0 Å². The number of aliphatic hydroxyl groups excluding tert-OH is 1. The summed E-state index contributed by atoms with van der Waals surface area (Å²) in [5.41, 5.74) is 3.11. The number of fused-ring (bicyclic) bond motifs is 5. The van der Waals surface area contributed by atoms with E-state index in [0.717, 1.165) is 30.1 Å². The van der Waals surface area contributed by atoms with Gasteiger partial charge < -0.3 is 5.11 Å². The lowest BCUT2D eigenvalue weighted by Gasteiger charge is -2.62. The SMILES string of the molecule is CC(C)CCCC(C)[C@H]1CC[C@@]2(C)[C@@H]3CC[C@H]4[C@H](C)[C@@H](O)CC[C@]4(C)C3=CC[C@]12C. The van der Waals surface area contributed by atoms with Crippen LogP contribution in [0, 0.1) is 51.8 Å². The summed E-state index contributed by atoms with van der Waals surface area (Å²) in [4.78, 5) is 0. The van der Waals surface area contributed by atoms with E-state index >= 15 is 0 Å². The summed E-state index contributed by atoms with van der Waals surface area (Å²) in [7, 11) is 0. The molecule has 0 saturated heterocycles. The number of hydrogen-bond donors (Lipinski definition) is 1. The van der Waals surface area contributed by atoms with Crippen molar-refractivity contribution < 1.29 is 5.11 Å². The molecule has 3 saturated carbocycles. The molecule has 0 aliphatic heterocycles. The first-order chi connectivity index (χ1) is 14.0. The van der Waals surface area contributed by atoms with Gasteiger partial charge >= 0.3 is 0 Å². The summed E-state index contributed by atoms with van der Waals surface area (Å²) in [6, 6.07) is 0. The fourth-order valence-corrected chi connectivity index (χ4v) is 9.34. The maximum absolute atomic E-state index is 10.6. The van der Waals surface area contributed by atoms with Crippen LogP contribution in [0.15, 0.2) is 11.6 Å². The Bertz CT molecular complexity index is 663. The van der Waals surface area contributed by atoms with Gasteiger partial charge in [-0.15, -0.1) is 0 Å². The second-order valence-electron chi connectivity index (χ2n) is 13.3. The Morgan fingerprint density at radius 2 is 1.70 bits per heavy atom. The standard InChI is InChI=1S/C29H50O/c1-19(2)9-8-10-20(3)22-13-17-29(7)25-12-11-23-21(4)26(30)15-16-27(23,5)24(25)14-18-28(22,29)6/h14,19-23,25-26,30H,8-13,15-18H2,1-7H3/t20?,21-,22+,23-,25+,26-,27-,28+,29-/m0/s1. The van der Waals surface area contributed by atoms with Crippen molar-refractivity contribution in [3.63, 3.8) is 0 Å². The highest BCUT2D eigenvalue weighted by Gasteiger charge is 2.63. The Kier molecular flexibility index (Phi) is 6.05. The molecule has 1 heteroatoms. The van der Waals surface area contributed by atoms with Gasteiger partial charge in [0.1, 0.15) is 0 Å². The highest BCUT2D eigenvalue weighted by molar-refractivity contribution is 5.32. The van der Waals surface area contributed by atoms with E-state index in [9.17, 15) is 5.11 Å². The van der Waals surface area contributed by atoms with Crippen LogP contribution < -0.4 is 0 Å². The molecule has 0 aromatic heterocycles. The molecule has 4 aliphatic rings. The molecule has 0 bridgehead atoms. The lowest BCUT2D eigenvalue weighted by Crippen LogP contribution is -2.55. The first-order valence-electron chi connectivity index (χ1n) is 13.4. The van der Waals surface area contributed by atoms with Crippen molar-refractivity contribution in [2.75, 3.05) is 0 Å². The number of allylic oxidation sites excluding steroid dienone is 2. The molecule has 4 rings (SSSR count). The van der Waals surface area contributed by atoms with Crippen LogP contribution in [0.4, 0.5) is 0 Å². The summed E-state index contributed by atoms with van der Waals surface area (Å²) < 4.78 is 0. The Hall–Kier alpha value is -0.300. The van der Waals surface area contributed by atoms with E-state index in [4.69, 9.17) is 0 Å². The van der Waals surface area contributed by atoms with E-state index < -0.39 is 0 Å². The Balaban J connectivity index is 1.59. The molecule has 1 unspecified atom stereocenters. The van der Waals surface area contributed by atoms with Gasteiger partial charge in [-0.05, 0) is 96.7 Å². The Morgan fingerprint density at radius 1 is 0.967 bits per heavy atom. The molecule has 172 valence electrons. The van der Waals surface area contributed by atoms with E-state index in [-0.39, 0.29) is 6.10 Å². The predicted molar refractivity (Wildman–Crippen MR) is 128 cm³/mol. The molecule has 1 N–H and O–H groups in total. The van der Waals surface area contributed by atoms with Crippen molar-refractivity contribution in [1.29, 1.82) is 0 Å². The quantitative estimate of drug-likeness (QED) is 0.451. The monoisotopic (exact) mass is 414 g/mol. The van der Waals surface area contributed by atoms with Crippen LogP contribution in [0.1, 0.15) is 113 Å². The average molecular weight is 415 g/mol. The van der Waals surface area contributed by atoms with Gasteiger partial charge in [0.2, 0.25) is 0 Å². The third-order valence-electron chi connectivity index (χ3n) is 11.6. The molecule has 0 spiro atoms. The van der Waals surface area contributed by atoms with Crippen LogP contribution in [0.2, 0.25) is 0 Å². The molecular formula is C29H50O. The summed E-state index contributed by atoms with van der Waals surface area (Å²) >= 11 is 0. The number of hydrogen-bond acceptors (Lipinski definition) is 1. The lowest BCUT2D eigenvalue weighted by atomic mass is 9.43. The minimum atomic E-state index is -0.0767. The van der Waals surface area contributed by atoms with Crippen LogP contribution in [-0.2, 0) is 0 Å². The molecule has 0 aromatic rings. The van der Waals surface area contributed by atoms with Gasteiger partial charge in [0.15, 0.2) is 0 Å². The third-order valence-corrected chi connectivity index (χ3v) is 11.6. The minimum absolute atomic E-state index is 0.0767. The summed E-state index contributed by atoms with van der Waals surface area (Å²) in [6.07, 6.45) is 16.0. The lowest BCUT2D eigenvalue weighted by molar-refractivity contribution is -0.0780. The highest BCUT2D eigenvalue weighted by Crippen LogP contribution is 2.72. The van der Waals surface area contributed by atoms with E-state index in [1.165, 1.54) is 57.8 Å². The van der Waals surface area contributed by atoms with Gasteiger partial charge in [0, 0.05) is 0 Å². The number of rotatable bonds is 5. The maximum Gasteiger partial charge on any atom is 0.0569 e.